The molecule has 0 amide bonds. The van der Waals surface area contributed by atoms with Crippen molar-refractivity contribution in [3.05, 3.63) is 200 Å². The second-order valence-electron chi connectivity index (χ2n) is 15.1. The second-order valence-corrected chi connectivity index (χ2v) is 15.1. The zero-order valence-electron chi connectivity index (χ0n) is 32.2. The van der Waals surface area contributed by atoms with E-state index in [1.807, 2.05) is 60.7 Å². The molecule has 8 aromatic carbocycles. The fourth-order valence-corrected chi connectivity index (χ4v) is 8.58. The number of rotatable bonds is 6. The van der Waals surface area contributed by atoms with E-state index < -0.39 is 0 Å². The quantitative estimate of drug-likeness (QED) is 0.169. The van der Waals surface area contributed by atoms with Crippen molar-refractivity contribution in [2.45, 2.75) is 0 Å². The first-order valence-electron chi connectivity index (χ1n) is 20.1. The van der Waals surface area contributed by atoms with Crippen LogP contribution in [0.2, 0.25) is 0 Å². The van der Waals surface area contributed by atoms with Gasteiger partial charge in [-0.15, -0.1) is 0 Å². The summed E-state index contributed by atoms with van der Waals surface area (Å²) >= 11 is 0. The van der Waals surface area contributed by atoms with Crippen molar-refractivity contribution in [2.24, 2.45) is 0 Å². The molecule has 0 spiro atoms. The lowest BCUT2D eigenvalue weighted by Gasteiger charge is -2.12. The van der Waals surface area contributed by atoms with Crippen LogP contribution in [0.3, 0.4) is 0 Å². The van der Waals surface area contributed by atoms with E-state index in [-0.39, 0.29) is 0 Å². The first-order chi connectivity index (χ1) is 29.7. The average Bonchev–Trinajstić information content (AvgIpc) is 3.90. The topological polar surface area (TPSA) is 65.0 Å². The molecule has 0 radical (unpaired) electrons. The van der Waals surface area contributed by atoms with Gasteiger partial charge in [0.15, 0.2) is 11.4 Å². The molecule has 0 saturated heterocycles. The zero-order chi connectivity index (χ0) is 39.6. The number of hydrogen-bond acceptors (Lipinski definition) is 5. The minimum atomic E-state index is 0.688. The number of benzene rings is 8. The van der Waals surface area contributed by atoms with Gasteiger partial charge in [-0.25, -0.2) is 15.0 Å². The summed E-state index contributed by atoms with van der Waals surface area (Å²) in [4.78, 5) is 15.4. The van der Waals surface area contributed by atoms with Gasteiger partial charge in [0.05, 0.1) is 16.9 Å². The largest absolute Gasteiger partial charge is 0.456 e. The van der Waals surface area contributed by atoms with Crippen LogP contribution in [0.25, 0.3) is 122 Å². The predicted molar refractivity (Wildman–Crippen MR) is 245 cm³/mol. The lowest BCUT2D eigenvalue weighted by atomic mass is 9.94. The summed E-state index contributed by atoms with van der Waals surface area (Å²) in [6, 6.07) is 69.0. The Morgan fingerprint density at radius 1 is 0.317 bits per heavy atom. The molecule has 5 nitrogen and oxygen atoms in total. The second kappa shape index (κ2) is 13.8. The molecule has 0 saturated carbocycles. The van der Waals surface area contributed by atoms with Crippen molar-refractivity contribution in [2.75, 3.05) is 0 Å². The van der Waals surface area contributed by atoms with Gasteiger partial charge in [0.25, 0.3) is 0 Å². The van der Waals surface area contributed by atoms with E-state index in [9.17, 15) is 0 Å². The van der Waals surface area contributed by atoms with E-state index in [0.29, 0.717) is 5.82 Å². The number of para-hydroxylation sites is 2. The normalized spacial score (nSPS) is 11.7. The number of nitrogens with zero attached hydrogens (tertiary/aromatic N) is 3. The van der Waals surface area contributed by atoms with Gasteiger partial charge in [-0.3, -0.25) is 0 Å². The average molecular weight is 768 g/mol. The van der Waals surface area contributed by atoms with Crippen LogP contribution in [0.15, 0.2) is 209 Å². The Bertz CT molecular complexity index is 3510. The van der Waals surface area contributed by atoms with Crippen LogP contribution in [0, 0.1) is 0 Å². The Morgan fingerprint density at radius 3 is 1.55 bits per heavy atom. The number of aromatic nitrogens is 3. The van der Waals surface area contributed by atoms with Crippen LogP contribution in [0.4, 0.5) is 0 Å². The molecule has 0 atom stereocenters. The molecule has 0 unspecified atom stereocenters. The minimum Gasteiger partial charge on any atom is -0.456 e. The molecular weight excluding hydrogens is 735 g/mol. The Balaban J connectivity index is 0.926. The molecule has 60 heavy (non-hydrogen) atoms. The van der Waals surface area contributed by atoms with Crippen LogP contribution >= 0.6 is 0 Å². The summed E-state index contributed by atoms with van der Waals surface area (Å²) < 4.78 is 13.0. The maximum Gasteiger partial charge on any atom is 0.162 e. The van der Waals surface area contributed by atoms with Crippen LogP contribution in [-0.4, -0.2) is 15.0 Å². The summed E-state index contributed by atoms with van der Waals surface area (Å²) in [7, 11) is 0. The smallest absolute Gasteiger partial charge is 0.162 e. The van der Waals surface area contributed by atoms with E-state index in [4.69, 9.17) is 23.8 Å². The molecule has 12 rings (SSSR count). The molecule has 280 valence electrons. The molecular formula is C55H33N3O2. The highest BCUT2D eigenvalue weighted by molar-refractivity contribution is 6.24. The Kier molecular flexibility index (Phi) is 7.78. The van der Waals surface area contributed by atoms with Gasteiger partial charge < -0.3 is 8.83 Å². The fourth-order valence-electron chi connectivity index (χ4n) is 8.58. The van der Waals surface area contributed by atoms with Crippen molar-refractivity contribution in [1.82, 2.24) is 15.0 Å². The molecule has 0 aliphatic carbocycles. The molecule has 0 bridgehead atoms. The van der Waals surface area contributed by atoms with Gasteiger partial charge in [0.1, 0.15) is 22.4 Å². The Morgan fingerprint density at radius 2 is 0.867 bits per heavy atom. The third-order valence-electron chi connectivity index (χ3n) is 11.5. The van der Waals surface area contributed by atoms with Crippen molar-refractivity contribution in [3.8, 4) is 67.4 Å². The van der Waals surface area contributed by atoms with Gasteiger partial charge in [0.2, 0.25) is 0 Å². The summed E-state index contributed by atoms with van der Waals surface area (Å²) in [6.07, 6.45) is 0. The van der Waals surface area contributed by atoms with E-state index >= 15 is 0 Å². The van der Waals surface area contributed by atoms with Gasteiger partial charge in [-0.05, 0) is 58.7 Å². The summed E-state index contributed by atoms with van der Waals surface area (Å²) in [5.74, 6) is 0.688. The third-order valence-corrected chi connectivity index (χ3v) is 11.5. The van der Waals surface area contributed by atoms with E-state index in [1.165, 1.54) is 0 Å². The predicted octanol–water partition coefficient (Wildman–Crippen LogP) is 14.8. The molecule has 0 aliphatic heterocycles. The van der Waals surface area contributed by atoms with E-state index in [1.54, 1.807) is 0 Å². The number of hydrogen-bond donors (Lipinski definition) is 0. The van der Waals surface area contributed by atoms with E-state index in [0.717, 1.165) is 116 Å². The van der Waals surface area contributed by atoms with Gasteiger partial charge in [0, 0.05) is 49.2 Å². The van der Waals surface area contributed by atoms with Crippen LogP contribution in [0.5, 0.6) is 0 Å². The number of fused-ring (bicyclic) bond motifs is 8. The molecule has 0 aliphatic rings. The van der Waals surface area contributed by atoms with Crippen LogP contribution in [-0.2, 0) is 0 Å². The van der Waals surface area contributed by atoms with Crippen molar-refractivity contribution < 1.29 is 8.83 Å². The van der Waals surface area contributed by atoms with Crippen molar-refractivity contribution >= 4 is 54.8 Å². The molecule has 4 aromatic heterocycles. The Hall–Kier alpha value is -8.15. The third kappa shape index (κ3) is 5.67. The zero-order valence-corrected chi connectivity index (χ0v) is 32.2. The van der Waals surface area contributed by atoms with Gasteiger partial charge in [-0.2, -0.15) is 0 Å². The first-order valence-corrected chi connectivity index (χ1v) is 20.1. The minimum absolute atomic E-state index is 0.688. The Labute approximate surface area is 344 Å². The van der Waals surface area contributed by atoms with E-state index in [2.05, 4.69) is 140 Å². The van der Waals surface area contributed by atoms with Crippen molar-refractivity contribution in [1.29, 1.82) is 0 Å². The molecule has 12 aromatic rings. The summed E-state index contributed by atoms with van der Waals surface area (Å²) in [5.41, 5.74) is 15.2. The highest BCUT2D eigenvalue weighted by Crippen LogP contribution is 2.44. The summed E-state index contributed by atoms with van der Waals surface area (Å²) in [5, 5.41) is 5.39. The number of furan rings is 2. The van der Waals surface area contributed by atoms with Crippen LogP contribution in [0.1, 0.15) is 0 Å². The molecule has 0 fully saturated rings. The maximum absolute atomic E-state index is 6.70. The highest BCUT2D eigenvalue weighted by atomic mass is 16.3. The summed E-state index contributed by atoms with van der Waals surface area (Å²) in [6.45, 7) is 0. The SMILES string of the molecule is c1ccc(-c2cc(-c3ccccc3)nc(-c3ccc(-c4ccc(-c5nc6cccc(-c7ccc8c(c7)oc7ccccc78)c6c6c5oc5ccccc56)cc4)cc3)n2)cc1. The van der Waals surface area contributed by atoms with Crippen LogP contribution < -0.4 is 0 Å². The lowest BCUT2D eigenvalue weighted by molar-refractivity contribution is 0.668. The fraction of sp³-hybridized carbons (Fsp3) is 0. The molecule has 5 heteroatoms. The standard InChI is InChI=1S/C55H33N3O2/c1-3-12-36(13-4-1)46-33-47(37-14-5-2-6-15-37)58-55(57-46)39-28-24-35(25-29-39)34-22-26-38(27-23-34)53-54-52(44-17-8-10-21-49(44)60-54)51-41(18-11-19-45(51)56-53)40-30-31-43-42-16-7-9-20-48(42)59-50(43)32-40/h1-33H. The number of pyridine rings is 1. The highest BCUT2D eigenvalue weighted by Gasteiger charge is 2.21. The van der Waals surface area contributed by atoms with Gasteiger partial charge >= 0.3 is 0 Å². The first kappa shape index (κ1) is 33.9. The maximum atomic E-state index is 6.70. The lowest BCUT2D eigenvalue weighted by Crippen LogP contribution is -1.95. The van der Waals surface area contributed by atoms with Gasteiger partial charge in [-0.1, -0.05) is 164 Å². The van der Waals surface area contributed by atoms with Crippen molar-refractivity contribution in [3.63, 3.8) is 0 Å². The molecule has 4 heterocycles. The molecule has 0 N–H and O–H groups in total. The monoisotopic (exact) mass is 767 g/mol.